The Kier molecular flexibility index (Phi) is 5.81. The molecule has 0 aliphatic carbocycles. The Morgan fingerprint density at radius 3 is 2.77 bits per heavy atom. The van der Waals surface area contributed by atoms with Crippen molar-refractivity contribution in [2.75, 3.05) is 6.61 Å². The average molecular weight is 419 g/mol. The van der Waals surface area contributed by atoms with Gasteiger partial charge in [0.1, 0.15) is 6.61 Å². The van der Waals surface area contributed by atoms with E-state index in [0.29, 0.717) is 17.2 Å². The van der Waals surface area contributed by atoms with Crippen LogP contribution in [0.15, 0.2) is 48.5 Å². The monoisotopic (exact) mass is 419 g/mol. The molecule has 1 aliphatic rings. The Balaban J connectivity index is 1.51. The molecule has 1 unspecified atom stereocenters. The highest BCUT2D eigenvalue weighted by molar-refractivity contribution is 6.09. The van der Waals surface area contributed by atoms with Gasteiger partial charge in [-0.25, -0.2) is 0 Å². The Labute approximate surface area is 180 Å². The van der Waals surface area contributed by atoms with Gasteiger partial charge in [0, 0.05) is 0 Å². The summed E-state index contributed by atoms with van der Waals surface area (Å²) in [5, 5.41) is 13.6. The van der Waals surface area contributed by atoms with Crippen molar-refractivity contribution in [3.05, 3.63) is 71.1 Å². The predicted molar refractivity (Wildman–Crippen MR) is 116 cm³/mol. The lowest BCUT2D eigenvalue weighted by molar-refractivity contribution is -0.0154. The van der Waals surface area contributed by atoms with Crippen LogP contribution in [0.4, 0.5) is 0 Å². The van der Waals surface area contributed by atoms with Gasteiger partial charge in [0.25, 0.3) is 5.72 Å². The number of ether oxygens (including phenoxy) is 2. The number of hydrogen-bond acceptors (Lipinski definition) is 7. The fourth-order valence-electron chi connectivity index (χ4n) is 3.29. The van der Waals surface area contributed by atoms with Gasteiger partial charge in [0.2, 0.25) is 5.82 Å². The van der Waals surface area contributed by atoms with Gasteiger partial charge in [-0.2, -0.15) is 5.21 Å². The number of nitrogens with two attached hydrogens (primary N) is 1. The Morgan fingerprint density at radius 2 is 2.06 bits per heavy atom. The lowest BCUT2D eigenvalue weighted by Gasteiger charge is -2.33. The number of allylic oxidation sites excluding steroid dienone is 1. The number of carbonyl (C=O) groups excluding carboxylic acids is 1. The third-order valence-corrected chi connectivity index (χ3v) is 5.11. The number of aromatic amines is 1. The smallest absolute Gasteiger partial charge is 0.257 e. The molecule has 2 aromatic carbocycles. The molecule has 0 fully saturated rings. The van der Waals surface area contributed by atoms with E-state index in [0.717, 1.165) is 18.4 Å². The first-order valence-electron chi connectivity index (χ1n) is 10.2. The second-order valence-corrected chi connectivity index (χ2v) is 8.02. The fraction of sp³-hybridized carbons (Fsp3) is 0.304. The van der Waals surface area contributed by atoms with Gasteiger partial charge in [-0.05, 0) is 53.3 Å². The van der Waals surface area contributed by atoms with Crippen molar-refractivity contribution in [3.8, 4) is 11.5 Å². The van der Waals surface area contributed by atoms with Crippen molar-refractivity contribution in [1.29, 1.82) is 0 Å². The third kappa shape index (κ3) is 4.64. The van der Waals surface area contributed by atoms with Crippen LogP contribution in [0.1, 0.15) is 47.6 Å². The lowest BCUT2D eigenvalue weighted by Crippen LogP contribution is -2.51. The van der Waals surface area contributed by atoms with Crippen LogP contribution in [0, 0.1) is 5.92 Å². The maximum Gasteiger partial charge on any atom is 0.257 e. The second kappa shape index (κ2) is 8.69. The third-order valence-electron chi connectivity index (χ3n) is 5.11. The number of tetrazole rings is 1. The molecule has 0 bridgehead atoms. The zero-order valence-corrected chi connectivity index (χ0v) is 17.5. The molecule has 8 heteroatoms. The molecule has 0 saturated carbocycles. The lowest BCUT2D eigenvalue weighted by atomic mass is 10.0. The number of H-pyrrole nitrogens is 1. The highest BCUT2D eigenvalue weighted by Crippen LogP contribution is 2.39. The molecule has 3 N–H and O–H groups in total. The van der Waals surface area contributed by atoms with Gasteiger partial charge in [0.05, 0.1) is 5.56 Å². The van der Waals surface area contributed by atoms with E-state index in [-0.39, 0.29) is 24.0 Å². The summed E-state index contributed by atoms with van der Waals surface area (Å²) >= 11 is 0. The van der Waals surface area contributed by atoms with E-state index in [1.54, 1.807) is 24.3 Å². The van der Waals surface area contributed by atoms with Crippen LogP contribution >= 0.6 is 0 Å². The van der Waals surface area contributed by atoms with E-state index in [2.05, 4.69) is 46.6 Å². The van der Waals surface area contributed by atoms with Gasteiger partial charge in [-0.15, -0.1) is 10.2 Å². The van der Waals surface area contributed by atoms with Crippen molar-refractivity contribution in [1.82, 2.24) is 20.6 Å². The Bertz CT molecular complexity index is 1080. The van der Waals surface area contributed by atoms with Crippen molar-refractivity contribution in [2.45, 2.75) is 32.4 Å². The number of para-hydroxylation sites is 1. The second-order valence-electron chi connectivity index (χ2n) is 8.02. The number of nitrogens with one attached hydrogen (secondary N) is 1. The quantitative estimate of drug-likeness (QED) is 0.446. The number of ketones is 1. The van der Waals surface area contributed by atoms with Crippen LogP contribution in [-0.4, -0.2) is 33.0 Å². The van der Waals surface area contributed by atoms with Gasteiger partial charge in [-0.3, -0.25) is 10.5 Å². The fourth-order valence-corrected chi connectivity index (χ4v) is 3.29. The molecule has 0 amide bonds. The van der Waals surface area contributed by atoms with Crippen molar-refractivity contribution < 1.29 is 14.3 Å². The van der Waals surface area contributed by atoms with E-state index < -0.39 is 5.72 Å². The van der Waals surface area contributed by atoms with Gasteiger partial charge >= 0.3 is 0 Å². The summed E-state index contributed by atoms with van der Waals surface area (Å²) in [4.78, 5) is 12.9. The number of nitrogens with zero attached hydrogens (tertiary/aromatic N) is 3. The Morgan fingerprint density at radius 1 is 1.26 bits per heavy atom. The number of benzene rings is 2. The average Bonchev–Trinajstić information content (AvgIpc) is 3.32. The minimum Gasteiger partial charge on any atom is -0.483 e. The molecule has 0 radical (unpaired) electrons. The summed E-state index contributed by atoms with van der Waals surface area (Å²) in [5.74, 6) is 1.31. The molecule has 160 valence electrons. The van der Waals surface area contributed by atoms with Crippen molar-refractivity contribution in [3.63, 3.8) is 0 Å². The van der Waals surface area contributed by atoms with Crippen LogP contribution in [0.2, 0.25) is 0 Å². The number of aromatic nitrogens is 4. The molecule has 1 aromatic heterocycles. The zero-order chi connectivity index (χ0) is 21.8. The molecule has 0 saturated heterocycles. The van der Waals surface area contributed by atoms with E-state index in [1.165, 1.54) is 11.6 Å². The van der Waals surface area contributed by atoms with Gasteiger partial charge < -0.3 is 9.47 Å². The molecule has 0 spiro atoms. The number of hydrogen-bond donors (Lipinski definition) is 2. The molecule has 31 heavy (non-hydrogen) atoms. The minimum atomic E-state index is -1.44. The number of fused-ring (bicyclic) bond motifs is 1. The summed E-state index contributed by atoms with van der Waals surface area (Å²) in [6.07, 6.45) is 5.51. The standard InChI is InChI=1S/C23H25N5O3/c1-15(2)6-7-16-8-10-17(11-9-16)12-13-19(29)18-4-3-5-20-21(18)31-23(24,14-30-20)22-25-27-28-26-22/h3-5,8-13,15H,6-7,14,24H2,1-2H3,(H,25,26,27,28). The van der Waals surface area contributed by atoms with Crippen LogP contribution in [-0.2, 0) is 12.1 Å². The summed E-state index contributed by atoms with van der Waals surface area (Å²) in [5.41, 5.74) is 7.42. The molecule has 1 aliphatic heterocycles. The predicted octanol–water partition coefficient (Wildman–Crippen LogP) is 3.27. The molecule has 1 atom stereocenters. The van der Waals surface area contributed by atoms with Gasteiger partial charge in [-0.1, -0.05) is 50.3 Å². The summed E-state index contributed by atoms with van der Waals surface area (Å²) in [7, 11) is 0. The molecular formula is C23H25N5O3. The molecule has 8 nitrogen and oxygen atoms in total. The zero-order valence-electron chi connectivity index (χ0n) is 17.5. The number of rotatable bonds is 7. The maximum absolute atomic E-state index is 12.9. The maximum atomic E-state index is 12.9. The number of aryl methyl sites for hydroxylation is 1. The minimum absolute atomic E-state index is 0.00380. The molecule has 4 rings (SSSR count). The van der Waals surface area contributed by atoms with E-state index in [1.807, 2.05) is 12.1 Å². The highest BCUT2D eigenvalue weighted by atomic mass is 16.6. The van der Waals surface area contributed by atoms with Crippen molar-refractivity contribution in [2.24, 2.45) is 11.7 Å². The number of carbonyl (C=O) groups is 1. The highest BCUT2D eigenvalue weighted by Gasteiger charge is 2.41. The van der Waals surface area contributed by atoms with E-state index >= 15 is 0 Å². The summed E-state index contributed by atoms with van der Waals surface area (Å²) < 4.78 is 11.7. The van der Waals surface area contributed by atoms with Gasteiger partial charge in [0.15, 0.2) is 17.3 Å². The summed E-state index contributed by atoms with van der Waals surface area (Å²) in [6, 6.07) is 13.4. The molecule has 2 heterocycles. The van der Waals surface area contributed by atoms with Crippen molar-refractivity contribution >= 4 is 11.9 Å². The first-order chi connectivity index (χ1) is 14.9. The topological polar surface area (TPSA) is 116 Å². The van der Waals surface area contributed by atoms with Crippen LogP contribution in [0.25, 0.3) is 6.08 Å². The summed E-state index contributed by atoms with van der Waals surface area (Å²) in [6.45, 7) is 4.43. The van der Waals surface area contributed by atoms with E-state index in [9.17, 15) is 4.79 Å². The van der Waals surface area contributed by atoms with Crippen LogP contribution < -0.4 is 15.2 Å². The Hall–Kier alpha value is -3.52. The molecular weight excluding hydrogens is 394 g/mol. The normalized spacial score (nSPS) is 17.9. The SMILES string of the molecule is CC(C)CCc1ccc(C=CC(=O)c2cccc3c2OC(N)(c2nn[nH]n2)CO3)cc1. The first-order valence-corrected chi connectivity index (χ1v) is 10.2. The molecule has 3 aromatic rings. The van der Waals surface area contributed by atoms with E-state index in [4.69, 9.17) is 15.2 Å². The largest absolute Gasteiger partial charge is 0.483 e. The first kappa shape index (κ1) is 20.7. The van der Waals surface area contributed by atoms with Crippen LogP contribution in [0.3, 0.4) is 0 Å². The van der Waals surface area contributed by atoms with Crippen LogP contribution in [0.5, 0.6) is 11.5 Å².